The standard InChI is InChI=1S/C20H25F3N4O4/c1-13(20(21,22)23)29-19(28)27-10-6-16(7-11-27)30-14-2-4-15(5-3-14)31-18-17(12-24)25-8-9-26-18/h8-9,13-16H,2-7,10-11H2,1H3/t13-,14?,15?/m1/s1. The Morgan fingerprint density at radius 2 is 1.68 bits per heavy atom. The third-order valence-corrected chi connectivity index (χ3v) is 5.49. The van der Waals surface area contributed by atoms with E-state index in [1.807, 2.05) is 6.07 Å². The molecule has 2 heterocycles. The van der Waals surface area contributed by atoms with Crippen molar-refractivity contribution in [1.82, 2.24) is 14.9 Å². The van der Waals surface area contributed by atoms with E-state index < -0.39 is 18.4 Å². The van der Waals surface area contributed by atoms with Crippen LogP contribution < -0.4 is 4.74 Å². The van der Waals surface area contributed by atoms with E-state index in [0.29, 0.717) is 25.9 Å². The van der Waals surface area contributed by atoms with Gasteiger partial charge in [0.05, 0.1) is 12.2 Å². The molecule has 11 heteroatoms. The van der Waals surface area contributed by atoms with Gasteiger partial charge in [0, 0.05) is 25.5 Å². The number of nitrogens with zero attached hydrogens (tertiary/aromatic N) is 4. The van der Waals surface area contributed by atoms with Crippen molar-refractivity contribution in [3.05, 3.63) is 18.1 Å². The predicted octanol–water partition coefficient (Wildman–Crippen LogP) is 3.61. The molecule has 0 bridgehead atoms. The van der Waals surface area contributed by atoms with Gasteiger partial charge in [-0.25, -0.2) is 14.8 Å². The van der Waals surface area contributed by atoms with Gasteiger partial charge in [0.25, 0.3) is 5.88 Å². The number of alkyl halides is 3. The number of piperidine rings is 1. The molecule has 2 fully saturated rings. The molecule has 1 aliphatic carbocycles. The zero-order valence-electron chi connectivity index (χ0n) is 17.2. The predicted molar refractivity (Wildman–Crippen MR) is 101 cm³/mol. The number of halogens is 3. The minimum atomic E-state index is -4.57. The summed E-state index contributed by atoms with van der Waals surface area (Å²) in [5.74, 6) is 0.244. The number of hydrogen-bond acceptors (Lipinski definition) is 7. The summed E-state index contributed by atoms with van der Waals surface area (Å²) in [4.78, 5) is 21.2. The molecule has 1 atom stereocenters. The summed E-state index contributed by atoms with van der Waals surface area (Å²) >= 11 is 0. The molecule has 2 aliphatic rings. The van der Waals surface area contributed by atoms with Gasteiger partial charge in [0.2, 0.25) is 5.69 Å². The van der Waals surface area contributed by atoms with Crippen LogP contribution in [0.15, 0.2) is 12.4 Å². The van der Waals surface area contributed by atoms with Gasteiger partial charge in [-0.2, -0.15) is 18.4 Å². The molecular formula is C20H25F3N4O4. The van der Waals surface area contributed by atoms with Gasteiger partial charge in [-0.3, -0.25) is 0 Å². The first-order valence-corrected chi connectivity index (χ1v) is 10.3. The average molecular weight is 442 g/mol. The van der Waals surface area contributed by atoms with Crippen molar-refractivity contribution in [1.29, 1.82) is 5.26 Å². The lowest BCUT2D eigenvalue weighted by Gasteiger charge is -2.36. The second kappa shape index (κ2) is 10.1. The van der Waals surface area contributed by atoms with Crippen molar-refractivity contribution in [3.63, 3.8) is 0 Å². The lowest BCUT2D eigenvalue weighted by atomic mass is 9.94. The molecule has 8 nitrogen and oxygen atoms in total. The summed E-state index contributed by atoms with van der Waals surface area (Å²) in [7, 11) is 0. The largest absolute Gasteiger partial charge is 0.472 e. The Morgan fingerprint density at radius 3 is 2.29 bits per heavy atom. The fourth-order valence-electron chi connectivity index (χ4n) is 3.67. The van der Waals surface area contributed by atoms with Crippen molar-refractivity contribution in [2.75, 3.05) is 13.1 Å². The van der Waals surface area contributed by atoms with Crippen molar-refractivity contribution in [3.8, 4) is 11.9 Å². The molecule has 1 aliphatic heterocycles. The molecule has 0 unspecified atom stereocenters. The highest BCUT2D eigenvalue weighted by Gasteiger charge is 2.40. The third-order valence-electron chi connectivity index (χ3n) is 5.49. The number of nitriles is 1. The number of carbonyl (C=O) groups excluding carboxylic acids is 1. The number of hydrogen-bond donors (Lipinski definition) is 0. The Kier molecular flexibility index (Phi) is 7.54. The number of likely N-dealkylation sites (tertiary alicyclic amines) is 1. The average Bonchev–Trinajstić information content (AvgIpc) is 2.75. The van der Waals surface area contributed by atoms with Gasteiger partial charge in [-0.05, 0) is 45.4 Å². The van der Waals surface area contributed by atoms with Crippen LogP contribution in [0.2, 0.25) is 0 Å². The molecule has 31 heavy (non-hydrogen) atoms. The van der Waals surface area contributed by atoms with Crippen LogP contribution in [-0.4, -0.2) is 64.6 Å². The van der Waals surface area contributed by atoms with Crippen LogP contribution in [0.5, 0.6) is 5.88 Å². The van der Waals surface area contributed by atoms with Crippen LogP contribution in [0.4, 0.5) is 18.0 Å². The molecule has 0 aromatic carbocycles. The van der Waals surface area contributed by atoms with Crippen molar-refractivity contribution < 1.29 is 32.2 Å². The lowest BCUT2D eigenvalue weighted by molar-refractivity contribution is -0.200. The fraction of sp³-hybridized carbons (Fsp3) is 0.700. The maximum atomic E-state index is 12.5. The minimum absolute atomic E-state index is 0.0447. The Labute approximate surface area is 178 Å². The summed E-state index contributed by atoms with van der Waals surface area (Å²) < 4.78 is 54.1. The third kappa shape index (κ3) is 6.43. The molecule has 3 rings (SSSR count). The van der Waals surface area contributed by atoms with Crippen molar-refractivity contribution in [2.24, 2.45) is 0 Å². The molecule has 170 valence electrons. The Morgan fingerprint density at radius 1 is 1.10 bits per heavy atom. The quantitative estimate of drug-likeness (QED) is 0.687. The summed E-state index contributed by atoms with van der Waals surface area (Å²) in [6.07, 6.45) is -0.556. The first-order chi connectivity index (χ1) is 14.8. The summed E-state index contributed by atoms with van der Waals surface area (Å²) in [5.41, 5.74) is 0.163. The molecule has 0 spiro atoms. The molecule has 1 saturated heterocycles. The van der Waals surface area contributed by atoms with E-state index in [2.05, 4.69) is 14.7 Å². The second-order valence-electron chi connectivity index (χ2n) is 7.73. The first kappa shape index (κ1) is 23.1. The van der Waals surface area contributed by atoms with Crippen LogP contribution in [0.1, 0.15) is 51.1 Å². The molecule has 0 radical (unpaired) electrons. The topological polar surface area (TPSA) is 97.6 Å². The lowest BCUT2D eigenvalue weighted by Crippen LogP contribution is -2.44. The van der Waals surface area contributed by atoms with E-state index in [-0.39, 0.29) is 29.9 Å². The Bertz CT molecular complexity index is 785. The summed E-state index contributed by atoms with van der Waals surface area (Å²) in [5, 5.41) is 9.07. The first-order valence-electron chi connectivity index (χ1n) is 10.3. The van der Waals surface area contributed by atoms with Crippen LogP contribution in [0.3, 0.4) is 0 Å². The van der Waals surface area contributed by atoms with Crippen molar-refractivity contribution in [2.45, 2.75) is 76.0 Å². The van der Waals surface area contributed by atoms with E-state index in [4.69, 9.17) is 14.7 Å². The van der Waals surface area contributed by atoms with E-state index in [1.54, 1.807) is 0 Å². The molecular weight excluding hydrogens is 417 g/mol. The Balaban J connectivity index is 1.37. The minimum Gasteiger partial charge on any atom is -0.472 e. The van der Waals surface area contributed by atoms with Crippen LogP contribution in [-0.2, 0) is 9.47 Å². The van der Waals surface area contributed by atoms with E-state index >= 15 is 0 Å². The normalized spacial score (nSPS) is 23.6. The summed E-state index contributed by atoms with van der Waals surface area (Å²) in [6, 6.07) is 1.96. The highest BCUT2D eigenvalue weighted by molar-refractivity contribution is 5.68. The highest BCUT2D eigenvalue weighted by Crippen LogP contribution is 2.28. The zero-order chi connectivity index (χ0) is 22.4. The van der Waals surface area contributed by atoms with Crippen LogP contribution >= 0.6 is 0 Å². The number of amides is 1. The van der Waals surface area contributed by atoms with Gasteiger partial charge in [0.1, 0.15) is 12.2 Å². The van der Waals surface area contributed by atoms with Gasteiger partial charge >= 0.3 is 12.3 Å². The monoisotopic (exact) mass is 442 g/mol. The molecule has 1 amide bonds. The van der Waals surface area contributed by atoms with Crippen LogP contribution in [0.25, 0.3) is 0 Å². The van der Waals surface area contributed by atoms with Crippen LogP contribution in [0, 0.1) is 11.3 Å². The van der Waals surface area contributed by atoms with Gasteiger partial charge in [-0.15, -0.1) is 0 Å². The van der Waals surface area contributed by atoms with Crippen molar-refractivity contribution >= 4 is 6.09 Å². The maximum Gasteiger partial charge on any atom is 0.425 e. The second-order valence-corrected chi connectivity index (χ2v) is 7.73. The smallest absolute Gasteiger partial charge is 0.425 e. The number of rotatable bonds is 5. The Hall–Kier alpha value is -2.61. The summed E-state index contributed by atoms with van der Waals surface area (Å²) in [6.45, 7) is 1.42. The highest BCUT2D eigenvalue weighted by atomic mass is 19.4. The number of carbonyl (C=O) groups is 1. The maximum absolute atomic E-state index is 12.5. The van der Waals surface area contributed by atoms with Gasteiger partial charge < -0.3 is 19.1 Å². The fourth-order valence-corrected chi connectivity index (χ4v) is 3.67. The molecule has 0 N–H and O–H groups in total. The molecule has 1 aromatic rings. The zero-order valence-corrected chi connectivity index (χ0v) is 17.2. The number of ether oxygens (including phenoxy) is 3. The van der Waals surface area contributed by atoms with E-state index in [0.717, 1.165) is 32.6 Å². The SMILES string of the molecule is C[C@@H](OC(=O)N1CCC(OC2CCC(Oc3nccnc3C#N)CC2)CC1)C(F)(F)F. The van der Waals surface area contributed by atoms with E-state index in [1.165, 1.54) is 17.3 Å². The number of aromatic nitrogens is 2. The van der Waals surface area contributed by atoms with Gasteiger partial charge in [-0.1, -0.05) is 0 Å². The van der Waals surface area contributed by atoms with E-state index in [9.17, 15) is 18.0 Å². The molecule has 1 saturated carbocycles. The van der Waals surface area contributed by atoms with Gasteiger partial charge in [0.15, 0.2) is 6.10 Å². The molecule has 1 aromatic heterocycles.